The van der Waals surface area contributed by atoms with Crippen LogP contribution in [0.4, 0.5) is 4.79 Å². The van der Waals surface area contributed by atoms with Crippen molar-refractivity contribution >= 4 is 18.1 Å². The molecule has 1 atom stereocenters. The average molecular weight is 264 g/mol. The first-order valence-corrected chi connectivity index (χ1v) is 5.77. The second kappa shape index (κ2) is 5.99. The third kappa shape index (κ3) is 3.80. The number of hydrogen-bond donors (Lipinski definition) is 0. The van der Waals surface area contributed by atoms with E-state index in [9.17, 15) is 14.4 Å². The van der Waals surface area contributed by atoms with Gasteiger partial charge in [-0.1, -0.05) is 30.3 Å². The van der Waals surface area contributed by atoms with Crippen LogP contribution < -0.4 is 0 Å². The van der Waals surface area contributed by atoms with Crippen LogP contribution in [-0.2, 0) is 30.4 Å². The van der Waals surface area contributed by atoms with Gasteiger partial charge in [0.25, 0.3) is 0 Å². The van der Waals surface area contributed by atoms with Crippen molar-refractivity contribution in [2.75, 3.05) is 0 Å². The van der Waals surface area contributed by atoms with Crippen molar-refractivity contribution in [3.63, 3.8) is 0 Å². The molecule has 1 fully saturated rings. The summed E-state index contributed by atoms with van der Waals surface area (Å²) in [5, 5.41) is 0. The van der Waals surface area contributed by atoms with Crippen LogP contribution >= 0.6 is 0 Å². The topological polar surface area (TPSA) is 78.9 Å². The monoisotopic (exact) mass is 264 g/mol. The van der Waals surface area contributed by atoms with Gasteiger partial charge in [-0.15, -0.1) is 0 Å². The van der Waals surface area contributed by atoms with Gasteiger partial charge < -0.3 is 14.2 Å². The van der Waals surface area contributed by atoms with E-state index < -0.39 is 24.2 Å². The standard InChI is InChI=1S/C13H12O6/c14-11(17-8-9-4-2-1-3-5-9)7-6-10-12(15)19-13(16)18-10/h1-5,10H,6-8H2. The summed E-state index contributed by atoms with van der Waals surface area (Å²) in [5.74, 6) is -1.22. The van der Waals surface area contributed by atoms with Crippen LogP contribution in [0.1, 0.15) is 18.4 Å². The van der Waals surface area contributed by atoms with E-state index in [-0.39, 0.29) is 19.4 Å². The smallest absolute Gasteiger partial charge is 0.461 e. The van der Waals surface area contributed by atoms with Gasteiger partial charge in [0.2, 0.25) is 6.10 Å². The van der Waals surface area contributed by atoms with Crippen molar-refractivity contribution in [2.45, 2.75) is 25.6 Å². The Hall–Kier alpha value is -2.37. The molecule has 0 aliphatic carbocycles. The molecule has 0 N–H and O–H groups in total. The van der Waals surface area contributed by atoms with Crippen LogP contribution in [0.3, 0.4) is 0 Å². The summed E-state index contributed by atoms with van der Waals surface area (Å²) in [5.41, 5.74) is 0.877. The van der Waals surface area contributed by atoms with E-state index in [1.54, 1.807) is 0 Å². The molecule has 1 aromatic carbocycles. The molecule has 0 bridgehead atoms. The zero-order valence-corrected chi connectivity index (χ0v) is 10.0. The van der Waals surface area contributed by atoms with E-state index in [2.05, 4.69) is 9.47 Å². The Morgan fingerprint density at radius 1 is 1.21 bits per heavy atom. The van der Waals surface area contributed by atoms with Gasteiger partial charge in [0.1, 0.15) is 6.61 Å². The van der Waals surface area contributed by atoms with Crippen LogP contribution in [0.15, 0.2) is 30.3 Å². The molecule has 1 aliphatic rings. The van der Waals surface area contributed by atoms with E-state index >= 15 is 0 Å². The van der Waals surface area contributed by atoms with Gasteiger partial charge in [0.05, 0.1) is 0 Å². The lowest BCUT2D eigenvalue weighted by atomic mass is 10.2. The number of ether oxygens (including phenoxy) is 3. The molecule has 1 aliphatic heterocycles. The molecule has 0 radical (unpaired) electrons. The molecule has 1 unspecified atom stereocenters. The van der Waals surface area contributed by atoms with Crippen LogP contribution in [-0.4, -0.2) is 24.2 Å². The lowest BCUT2D eigenvalue weighted by Gasteiger charge is -2.06. The molecule has 2 rings (SSSR count). The van der Waals surface area contributed by atoms with Crippen molar-refractivity contribution in [1.82, 2.24) is 0 Å². The van der Waals surface area contributed by atoms with Gasteiger partial charge >= 0.3 is 18.1 Å². The summed E-state index contributed by atoms with van der Waals surface area (Å²) in [6, 6.07) is 9.23. The summed E-state index contributed by atoms with van der Waals surface area (Å²) in [4.78, 5) is 33.1. The Balaban J connectivity index is 1.70. The van der Waals surface area contributed by atoms with Gasteiger partial charge in [-0.05, 0) is 5.56 Å². The maximum atomic E-state index is 11.4. The second-order valence-electron chi connectivity index (χ2n) is 3.96. The lowest BCUT2D eigenvalue weighted by molar-refractivity contribution is -0.145. The molecule has 0 aromatic heterocycles. The van der Waals surface area contributed by atoms with E-state index in [0.717, 1.165) is 5.56 Å². The largest absolute Gasteiger partial charge is 0.517 e. The fourth-order valence-corrected chi connectivity index (χ4v) is 1.57. The van der Waals surface area contributed by atoms with Crippen LogP contribution in [0.5, 0.6) is 0 Å². The minimum Gasteiger partial charge on any atom is -0.461 e. The van der Waals surface area contributed by atoms with E-state index in [1.807, 2.05) is 30.3 Å². The maximum Gasteiger partial charge on any atom is 0.517 e. The fraction of sp³-hybridized carbons (Fsp3) is 0.308. The first-order chi connectivity index (χ1) is 9.15. The van der Waals surface area contributed by atoms with Gasteiger partial charge in [0.15, 0.2) is 0 Å². The minimum atomic E-state index is -1.02. The molecule has 19 heavy (non-hydrogen) atoms. The summed E-state index contributed by atoms with van der Waals surface area (Å²) < 4.78 is 13.8. The first-order valence-electron chi connectivity index (χ1n) is 5.77. The number of carbonyl (C=O) groups excluding carboxylic acids is 3. The highest BCUT2D eigenvalue weighted by molar-refractivity contribution is 5.91. The molecule has 6 nitrogen and oxygen atoms in total. The van der Waals surface area contributed by atoms with Crippen molar-refractivity contribution in [3.8, 4) is 0 Å². The zero-order valence-electron chi connectivity index (χ0n) is 10.0. The number of hydrogen-bond acceptors (Lipinski definition) is 6. The number of benzene rings is 1. The van der Waals surface area contributed by atoms with Crippen molar-refractivity contribution < 1.29 is 28.6 Å². The molecular formula is C13H12O6. The predicted octanol–water partition coefficient (Wildman–Crippen LogP) is 1.57. The number of carbonyl (C=O) groups is 3. The first kappa shape index (κ1) is 13.1. The van der Waals surface area contributed by atoms with Gasteiger partial charge in [-0.25, -0.2) is 9.59 Å². The normalized spacial score (nSPS) is 17.8. The molecule has 6 heteroatoms. The Kier molecular flexibility index (Phi) is 4.12. The molecule has 100 valence electrons. The number of esters is 2. The van der Waals surface area contributed by atoms with Crippen molar-refractivity contribution in [3.05, 3.63) is 35.9 Å². The van der Waals surface area contributed by atoms with Crippen molar-refractivity contribution in [1.29, 1.82) is 0 Å². The van der Waals surface area contributed by atoms with Gasteiger partial charge in [0, 0.05) is 12.8 Å². The van der Waals surface area contributed by atoms with E-state index in [4.69, 9.17) is 4.74 Å². The average Bonchev–Trinajstić information content (AvgIpc) is 2.73. The van der Waals surface area contributed by atoms with Crippen LogP contribution in [0, 0.1) is 0 Å². The maximum absolute atomic E-state index is 11.4. The van der Waals surface area contributed by atoms with Gasteiger partial charge in [-0.2, -0.15) is 0 Å². The molecule has 1 heterocycles. The predicted molar refractivity (Wildman–Crippen MR) is 61.8 cm³/mol. The third-order valence-electron chi connectivity index (χ3n) is 2.54. The van der Waals surface area contributed by atoms with E-state index in [0.29, 0.717) is 0 Å². The zero-order chi connectivity index (χ0) is 13.7. The highest BCUT2D eigenvalue weighted by Gasteiger charge is 2.35. The number of rotatable bonds is 5. The fourth-order valence-electron chi connectivity index (χ4n) is 1.57. The molecule has 0 amide bonds. The Bertz CT molecular complexity index is 481. The third-order valence-corrected chi connectivity index (χ3v) is 2.54. The van der Waals surface area contributed by atoms with Crippen LogP contribution in [0.25, 0.3) is 0 Å². The molecule has 0 spiro atoms. The van der Waals surface area contributed by atoms with Crippen LogP contribution in [0.2, 0.25) is 0 Å². The Labute approximate surface area is 109 Å². The SMILES string of the molecule is O=C(CCC1OC(=O)OC1=O)OCc1ccccc1. The molecular weight excluding hydrogens is 252 g/mol. The van der Waals surface area contributed by atoms with Crippen molar-refractivity contribution in [2.24, 2.45) is 0 Å². The Morgan fingerprint density at radius 3 is 2.58 bits per heavy atom. The lowest BCUT2D eigenvalue weighted by Crippen LogP contribution is -2.18. The summed E-state index contributed by atoms with van der Waals surface area (Å²) in [7, 11) is 0. The Morgan fingerprint density at radius 2 is 1.95 bits per heavy atom. The van der Waals surface area contributed by atoms with E-state index in [1.165, 1.54) is 0 Å². The van der Waals surface area contributed by atoms with Gasteiger partial charge in [-0.3, -0.25) is 4.79 Å². The second-order valence-corrected chi connectivity index (χ2v) is 3.96. The number of cyclic esters (lactones) is 3. The quantitative estimate of drug-likeness (QED) is 0.593. The molecule has 1 saturated heterocycles. The highest BCUT2D eigenvalue weighted by atomic mass is 16.8. The molecule has 1 aromatic rings. The highest BCUT2D eigenvalue weighted by Crippen LogP contribution is 2.14. The summed E-state index contributed by atoms with van der Waals surface area (Å²) in [6.45, 7) is 0.175. The summed E-state index contributed by atoms with van der Waals surface area (Å²) in [6.07, 6.45) is -1.97. The molecule has 0 saturated carbocycles. The summed E-state index contributed by atoms with van der Waals surface area (Å²) >= 11 is 0. The minimum absolute atomic E-state index is 0.0140.